The highest BCUT2D eigenvalue weighted by Crippen LogP contribution is 2.34. The molecule has 4 rings (SSSR count). The van der Waals surface area contributed by atoms with E-state index in [2.05, 4.69) is 9.72 Å². The first kappa shape index (κ1) is 21.5. The smallest absolute Gasteiger partial charge is 0.387 e. The van der Waals surface area contributed by atoms with Gasteiger partial charge in [0.15, 0.2) is 16.8 Å². The SMILES string of the molecule is O=C(Cc1ccc(OC(F)F)c2nc(N3CCCCC3)oc12)Oc1ccc([N+](=O)[O-])cc1. The number of nitro groups is 1. The number of piperidine rings is 1. The van der Waals surface area contributed by atoms with E-state index in [-0.39, 0.29) is 40.7 Å². The highest BCUT2D eigenvalue weighted by Gasteiger charge is 2.23. The first-order valence-corrected chi connectivity index (χ1v) is 9.98. The van der Waals surface area contributed by atoms with Crippen LogP contribution in [0, 0.1) is 10.1 Å². The summed E-state index contributed by atoms with van der Waals surface area (Å²) in [5.41, 5.74) is 0.535. The van der Waals surface area contributed by atoms with Crippen molar-refractivity contribution < 1.29 is 32.4 Å². The maximum absolute atomic E-state index is 12.8. The fourth-order valence-electron chi connectivity index (χ4n) is 3.53. The number of oxazole rings is 1. The fourth-order valence-corrected chi connectivity index (χ4v) is 3.53. The Hall–Kier alpha value is -3.76. The lowest BCUT2D eigenvalue weighted by molar-refractivity contribution is -0.384. The van der Waals surface area contributed by atoms with Gasteiger partial charge < -0.3 is 18.8 Å². The minimum absolute atomic E-state index is 0.103. The average molecular weight is 447 g/mol. The van der Waals surface area contributed by atoms with Crippen LogP contribution in [0.25, 0.3) is 11.1 Å². The monoisotopic (exact) mass is 447 g/mol. The molecular weight excluding hydrogens is 428 g/mol. The van der Waals surface area contributed by atoms with Crippen molar-refractivity contribution in [2.75, 3.05) is 18.0 Å². The van der Waals surface area contributed by atoms with Crippen LogP contribution in [0.4, 0.5) is 20.5 Å². The number of rotatable bonds is 7. The molecule has 3 aromatic rings. The van der Waals surface area contributed by atoms with Gasteiger partial charge in [-0.25, -0.2) is 0 Å². The van der Waals surface area contributed by atoms with Gasteiger partial charge in [-0.15, -0.1) is 0 Å². The van der Waals surface area contributed by atoms with Gasteiger partial charge in [-0.3, -0.25) is 14.9 Å². The molecule has 0 aliphatic carbocycles. The topological polar surface area (TPSA) is 108 Å². The van der Waals surface area contributed by atoms with Crippen LogP contribution < -0.4 is 14.4 Å². The van der Waals surface area contributed by atoms with Crippen molar-refractivity contribution in [3.8, 4) is 11.5 Å². The summed E-state index contributed by atoms with van der Waals surface area (Å²) in [4.78, 5) is 28.9. The quantitative estimate of drug-likeness (QED) is 0.226. The summed E-state index contributed by atoms with van der Waals surface area (Å²) in [6, 6.07) is 8.11. The van der Waals surface area contributed by atoms with Gasteiger partial charge in [0, 0.05) is 30.8 Å². The van der Waals surface area contributed by atoms with Crippen LogP contribution in [0.1, 0.15) is 24.8 Å². The Labute approximate surface area is 180 Å². The zero-order valence-corrected chi connectivity index (χ0v) is 16.8. The zero-order chi connectivity index (χ0) is 22.7. The van der Waals surface area contributed by atoms with Gasteiger partial charge in [0.2, 0.25) is 0 Å². The molecule has 168 valence electrons. The van der Waals surface area contributed by atoms with E-state index in [0.29, 0.717) is 5.56 Å². The molecule has 1 fully saturated rings. The number of non-ortho nitro benzene ring substituents is 1. The van der Waals surface area contributed by atoms with Crippen LogP contribution in [0.3, 0.4) is 0 Å². The molecule has 1 aromatic heterocycles. The van der Waals surface area contributed by atoms with E-state index in [4.69, 9.17) is 9.15 Å². The minimum atomic E-state index is -3.04. The van der Waals surface area contributed by atoms with Gasteiger partial charge in [-0.2, -0.15) is 13.8 Å². The largest absolute Gasteiger partial charge is 0.432 e. The van der Waals surface area contributed by atoms with E-state index in [1.165, 1.54) is 36.4 Å². The third-order valence-corrected chi connectivity index (χ3v) is 5.03. The number of nitrogens with zero attached hydrogens (tertiary/aromatic N) is 3. The molecule has 2 heterocycles. The van der Waals surface area contributed by atoms with E-state index in [0.717, 1.165) is 32.4 Å². The second kappa shape index (κ2) is 9.16. The fraction of sp³-hybridized carbons (Fsp3) is 0.333. The average Bonchev–Trinajstić information content (AvgIpc) is 3.22. The Morgan fingerprint density at radius 3 is 2.53 bits per heavy atom. The highest BCUT2D eigenvalue weighted by molar-refractivity contribution is 5.88. The molecule has 9 nitrogen and oxygen atoms in total. The van der Waals surface area contributed by atoms with Crippen LogP contribution in [0.2, 0.25) is 0 Å². The third kappa shape index (κ3) is 4.76. The second-order valence-corrected chi connectivity index (χ2v) is 7.23. The molecule has 1 aliphatic heterocycles. The van der Waals surface area contributed by atoms with Crippen LogP contribution in [-0.2, 0) is 11.2 Å². The number of hydrogen-bond donors (Lipinski definition) is 0. The second-order valence-electron chi connectivity index (χ2n) is 7.23. The van der Waals surface area contributed by atoms with Crippen molar-refractivity contribution in [3.63, 3.8) is 0 Å². The van der Waals surface area contributed by atoms with Crippen molar-refractivity contribution >= 4 is 28.8 Å². The van der Waals surface area contributed by atoms with Crippen LogP contribution in [0.15, 0.2) is 40.8 Å². The van der Waals surface area contributed by atoms with E-state index >= 15 is 0 Å². The molecule has 1 saturated heterocycles. The lowest BCUT2D eigenvalue weighted by Gasteiger charge is -2.24. The van der Waals surface area contributed by atoms with Crippen LogP contribution >= 0.6 is 0 Å². The molecule has 0 spiro atoms. The number of anilines is 1. The zero-order valence-electron chi connectivity index (χ0n) is 16.8. The molecule has 11 heteroatoms. The number of carbonyl (C=O) groups excluding carboxylic acids is 1. The Morgan fingerprint density at radius 2 is 1.88 bits per heavy atom. The number of ether oxygens (including phenoxy) is 2. The molecule has 0 saturated carbocycles. The molecule has 2 aromatic carbocycles. The standard InChI is InChI=1S/C21H19F2N3O6/c22-20(23)31-16-9-4-13(12-17(27)30-15-7-5-14(6-8-15)26(28)29)19-18(16)24-21(32-19)25-10-2-1-3-11-25/h4-9,20H,1-3,10-12H2. The number of alkyl halides is 2. The lowest BCUT2D eigenvalue weighted by Crippen LogP contribution is -2.29. The first-order valence-electron chi connectivity index (χ1n) is 9.98. The predicted octanol–water partition coefficient (Wildman–Crippen LogP) is 4.48. The van der Waals surface area contributed by atoms with Crippen molar-refractivity contribution in [2.24, 2.45) is 0 Å². The van der Waals surface area contributed by atoms with E-state index in [1.807, 2.05) is 4.90 Å². The van der Waals surface area contributed by atoms with E-state index in [9.17, 15) is 23.7 Å². The summed E-state index contributed by atoms with van der Waals surface area (Å²) >= 11 is 0. The summed E-state index contributed by atoms with van der Waals surface area (Å²) < 4.78 is 41.3. The molecule has 0 atom stereocenters. The number of halogens is 2. The number of carbonyl (C=O) groups is 1. The minimum Gasteiger partial charge on any atom is -0.432 e. The van der Waals surface area contributed by atoms with Gasteiger partial charge >= 0.3 is 12.6 Å². The maximum Gasteiger partial charge on any atom is 0.387 e. The van der Waals surface area contributed by atoms with Crippen molar-refractivity contribution in [1.29, 1.82) is 0 Å². The van der Waals surface area contributed by atoms with Gasteiger partial charge in [0.25, 0.3) is 11.7 Å². The summed E-state index contributed by atoms with van der Waals surface area (Å²) in [6.45, 7) is -1.57. The summed E-state index contributed by atoms with van der Waals surface area (Å²) in [5, 5.41) is 10.7. The number of esters is 1. The molecule has 1 aliphatic rings. The summed E-state index contributed by atoms with van der Waals surface area (Å²) in [6.07, 6.45) is 2.80. The number of aromatic nitrogens is 1. The van der Waals surface area contributed by atoms with Gasteiger partial charge in [-0.05, 0) is 37.5 Å². The van der Waals surface area contributed by atoms with Crippen molar-refractivity contribution in [3.05, 3.63) is 52.1 Å². The third-order valence-electron chi connectivity index (χ3n) is 5.03. The van der Waals surface area contributed by atoms with Gasteiger partial charge in [0.05, 0.1) is 11.3 Å². The van der Waals surface area contributed by atoms with E-state index in [1.54, 1.807) is 0 Å². The molecule has 0 N–H and O–H groups in total. The number of nitro benzene ring substituents is 1. The van der Waals surface area contributed by atoms with E-state index < -0.39 is 17.5 Å². The van der Waals surface area contributed by atoms with Gasteiger partial charge in [0.1, 0.15) is 5.75 Å². The Balaban J connectivity index is 1.58. The Morgan fingerprint density at radius 1 is 1.16 bits per heavy atom. The number of benzene rings is 2. The molecule has 32 heavy (non-hydrogen) atoms. The Kier molecular flexibility index (Phi) is 6.15. The molecule has 0 amide bonds. The molecule has 0 unspecified atom stereocenters. The first-order chi connectivity index (χ1) is 15.4. The van der Waals surface area contributed by atoms with Gasteiger partial charge in [-0.1, -0.05) is 6.07 Å². The summed E-state index contributed by atoms with van der Waals surface area (Å²) in [5.74, 6) is -0.658. The summed E-state index contributed by atoms with van der Waals surface area (Å²) in [7, 11) is 0. The number of hydrogen-bond acceptors (Lipinski definition) is 8. The van der Waals surface area contributed by atoms with Crippen molar-refractivity contribution in [2.45, 2.75) is 32.3 Å². The molecule has 0 bridgehead atoms. The maximum atomic E-state index is 12.8. The normalized spacial score (nSPS) is 14.0. The lowest BCUT2D eigenvalue weighted by atomic mass is 10.1. The van der Waals surface area contributed by atoms with Crippen LogP contribution in [0.5, 0.6) is 11.5 Å². The number of fused-ring (bicyclic) bond motifs is 1. The molecule has 0 radical (unpaired) electrons. The Bertz CT molecular complexity index is 1130. The van der Waals surface area contributed by atoms with Crippen molar-refractivity contribution in [1.82, 2.24) is 4.98 Å². The predicted molar refractivity (Wildman–Crippen MR) is 109 cm³/mol. The highest BCUT2D eigenvalue weighted by atomic mass is 19.3. The van der Waals surface area contributed by atoms with Crippen LogP contribution in [-0.4, -0.2) is 35.6 Å². The molecular formula is C21H19F2N3O6.